The second-order valence-electron chi connectivity index (χ2n) is 3.88. The summed E-state index contributed by atoms with van der Waals surface area (Å²) in [5, 5.41) is 1.73. The zero-order valence-corrected chi connectivity index (χ0v) is 9.99. The van der Waals surface area contributed by atoms with Crippen LogP contribution in [0.15, 0.2) is 24.3 Å². The number of carbonyl (C=O) groups is 1. The molecule has 110 valence electrons. The molecule has 0 saturated heterocycles. The van der Waals surface area contributed by atoms with Crippen LogP contribution in [0.1, 0.15) is 10.4 Å². The van der Waals surface area contributed by atoms with Gasteiger partial charge in [0.15, 0.2) is 23.3 Å². The molecule has 2 aromatic rings. The van der Waals surface area contributed by atoms with Crippen molar-refractivity contribution in [2.45, 2.75) is 0 Å². The van der Waals surface area contributed by atoms with E-state index in [0.29, 0.717) is 0 Å². The van der Waals surface area contributed by atoms with Crippen molar-refractivity contribution in [2.24, 2.45) is 0 Å². The average Bonchev–Trinajstić information content (AvgIpc) is 2.46. The van der Waals surface area contributed by atoms with Gasteiger partial charge < -0.3 is 5.32 Å². The maximum Gasteiger partial charge on any atom is 0.261 e. The Morgan fingerprint density at radius 1 is 0.762 bits per heavy atom. The lowest BCUT2D eigenvalue weighted by molar-refractivity contribution is 0.101. The van der Waals surface area contributed by atoms with Gasteiger partial charge in [-0.3, -0.25) is 4.79 Å². The van der Waals surface area contributed by atoms with Crippen LogP contribution in [0, 0.1) is 34.9 Å². The van der Waals surface area contributed by atoms with Gasteiger partial charge in [0.1, 0.15) is 11.4 Å². The molecule has 0 fully saturated rings. The van der Waals surface area contributed by atoms with Crippen molar-refractivity contribution in [2.75, 3.05) is 5.32 Å². The van der Waals surface area contributed by atoms with Gasteiger partial charge in [-0.2, -0.15) is 0 Å². The van der Waals surface area contributed by atoms with Crippen LogP contribution in [-0.4, -0.2) is 5.91 Å². The van der Waals surface area contributed by atoms with Gasteiger partial charge in [0.2, 0.25) is 5.82 Å². The summed E-state index contributed by atoms with van der Waals surface area (Å²) in [7, 11) is 0. The van der Waals surface area contributed by atoms with E-state index in [1.54, 1.807) is 5.32 Å². The predicted molar refractivity (Wildman–Crippen MR) is 60.6 cm³/mol. The number of anilines is 1. The highest BCUT2D eigenvalue weighted by Gasteiger charge is 2.29. The molecular formula is C13H5F6NO. The van der Waals surface area contributed by atoms with E-state index in [-0.39, 0.29) is 0 Å². The van der Waals surface area contributed by atoms with E-state index in [2.05, 4.69) is 0 Å². The van der Waals surface area contributed by atoms with Crippen LogP contribution in [-0.2, 0) is 0 Å². The Bertz CT molecular complexity index is 702. The first-order chi connectivity index (χ1) is 9.84. The fourth-order valence-electron chi connectivity index (χ4n) is 1.55. The molecule has 2 nitrogen and oxygen atoms in total. The Balaban J connectivity index is 2.48. The molecule has 2 aromatic carbocycles. The number of halogens is 6. The Morgan fingerprint density at radius 2 is 1.24 bits per heavy atom. The predicted octanol–water partition coefficient (Wildman–Crippen LogP) is 3.77. The molecule has 0 aliphatic carbocycles. The lowest BCUT2D eigenvalue weighted by Crippen LogP contribution is -2.19. The van der Waals surface area contributed by atoms with Crippen LogP contribution in [0.2, 0.25) is 0 Å². The van der Waals surface area contributed by atoms with E-state index in [1.165, 1.54) is 12.1 Å². The van der Waals surface area contributed by atoms with Crippen LogP contribution < -0.4 is 5.32 Å². The molecule has 0 aliphatic rings. The Morgan fingerprint density at radius 3 is 1.76 bits per heavy atom. The number of rotatable bonds is 2. The number of benzene rings is 2. The Hall–Kier alpha value is -2.51. The van der Waals surface area contributed by atoms with E-state index in [0.717, 1.165) is 12.1 Å². The number of para-hydroxylation sites is 1. The van der Waals surface area contributed by atoms with Crippen LogP contribution in [0.4, 0.5) is 32.0 Å². The van der Waals surface area contributed by atoms with E-state index in [9.17, 15) is 31.1 Å². The Kier molecular flexibility index (Phi) is 3.88. The van der Waals surface area contributed by atoms with Gasteiger partial charge in [0.05, 0.1) is 5.69 Å². The first-order valence-electron chi connectivity index (χ1n) is 5.42. The zero-order chi connectivity index (χ0) is 15.7. The van der Waals surface area contributed by atoms with Gasteiger partial charge in [0.25, 0.3) is 5.91 Å². The van der Waals surface area contributed by atoms with Crippen LogP contribution in [0.3, 0.4) is 0 Å². The zero-order valence-electron chi connectivity index (χ0n) is 9.99. The van der Waals surface area contributed by atoms with Crippen molar-refractivity contribution in [3.8, 4) is 0 Å². The van der Waals surface area contributed by atoms with Gasteiger partial charge in [-0.15, -0.1) is 0 Å². The molecule has 1 amide bonds. The van der Waals surface area contributed by atoms with Crippen LogP contribution in [0.25, 0.3) is 0 Å². The van der Waals surface area contributed by atoms with Crippen LogP contribution in [0.5, 0.6) is 0 Å². The highest BCUT2D eigenvalue weighted by molar-refractivity contribution is 6.04. The molecule has 21 heavy (non-hydrogen) atoms. The maximum atomic E-state index is 13.4. The Labute approximate surface area is 114 Å². The summed E-state index contributed by atoms with van der Waals surface area (Å²) in [6.45, 7) is 0. The summed E-state index contributed by atoms with van der Waals surface area (Å²) in [5.41, 5.74) is -2.15. The van der Waals surface area contributed by atoms with Crippen molar-refractivity contribution in [3.63, 3.8) is 0 Å². The SMILES string of the molecule is O=C(Nc1ccccc1F)c1c(F)c(F)c(F)c(F)c1F. The molecule has 0 saturated carbocycles. The number of nitrogens with one attached hydrogen (secondary N) is 1. The summed E-state index contributed by atoms with van der Waals surface area (Å²) in [5.74, 6) is -14.1. The van der Waals surface area contributed by atoms with E-state index < -0.39 is 52.1 Å². The minimum absolute atomic E-state index is 0.466. The number of hydrogen-bond donors (Lipinski definition) is 1. The summed E-state index contributed by atoms with van der Waals surface area (Å²) < 4.78 is 78.8. The van der Waals surface area contributed by atoms with Crippen molar-refractivity contribution < 1.29 is 31.1 Å². The highest BCUT2D eigenvalue weighted by atomic mass is 19.2. The molecule has 0 radical (unpaired) electrons. The van der Waals surface area contributed by atoms with Crippen molar-refractivity contribution in [1.29, 1.82) is 0 Å². The van der Waals surface area contributed by atoms with Gasteiger partial charge in [-0.25, -0.2) is 26.3 Å². The molecular weight excluding hydrogens is 300 g/mol. The molecule has 0 atom stereocenters. The molecule has 2 rings (SSSR count). The largest absolute Gasteiger partial charge is 0.319 e. The smallest absolute Gasteiger partial charge is 0.261 e. The minimum atomic E-state index is -2.38. The number of amides is 1. The van der Waals surface area contributed by atoms with Crippen molar-refractivity contribution in [3.05, 3.63) is 64.7 Å². The fraction of sp³-hybridized carbons (Fsp3) is 0. The minimum Gasteiger partial charge on any atom is -0.319 e. The quantitative estimate of drug-likeness (QED) is 0.511. The fourth-order valence-corrected chi connectivity index (χ4v) is 1.55. The normalized spacial score (nSPS) is 10.6. The molecule has 0 spiro atoms. The molecule has 0 unspecified atom stereocenters. The molecule has 0 aliphatic heterocycles. The monoisotopic (exact) mass is 305 g/mol. The van der Waals surface area contributed by atoms with E-state index >= 15 is 0 Å². The van der Waals surface area contributed by atoms with Crippen molar-refractivity contribution in [1.82, 2.24) is 0 Å². The summed E-state index contributed by atoms with van der Waals surface area (Å²) in [4.78, 5) is 11.6. The standard InChI is InChI=1S/C13H5F6NO/c14-5-3-1-2-4-6(5)20-13(21)7-8(15)10(17)12(19)11(18)9(7)16/h1-4H,(H,20,21). The van der Waals surface area contributed by atoms with Gasteiger partial charge in [0, 0.05) is 0 Å². The highest BCUT2D eigenvalue weighted by Crippen LogP contribution is 2.24. The van der Waals surface area contributed by atoms with Gasteiger partial charge in [-0.05, 0) is 12.1 Å². The summed E-state index contributed by atoms with van der Waals surface area (Å²) in [6, 6.07) is 4.58. The first kappa shape index (κ1) is 14.9. The van der Waals surface area contributed by atoms with Crippen LogP contribution >= 0.6 is 0 Å². The molecule has 0 heterocycles. The lowest BCUT2D eigenvalue weighted by Gasteiger charge is -2.09. The summed E-state index contributed by atoms with van der Waals surface area (Å²) in [6.07, 6.45) is 0. The second-order valence-corrected chi connectivity index (χ2v) is 3.88. The topological polar surface area (TPSA) is 29.1 Å². The number of carbonyl (C=O) groups excluding carboxylic acids is 1. The average molecular weight is 305 g/mol. The van der Waals surface area contributed by atoms with Gasteiger partial charge >= 0.3 is 0 Å². The second kappa shape index (κ2) is 5.47. The van der Waals surface area contributed by atoms with E-state index in [1.807, 2.05) is 0 Å². The van der Waals surface area contributed by atoms with Gasteiger partial charge in [-0.1, -0.05) is 12.1 Å². The third-order valence-corrected chi connectivity index (χ3v) is 2.56. The molecule has 8 heteroatoms. The van der Waals surface area contributed by atoms with E-state index in [4.69, 9.17) is 0 Å². The summed E-state index contributed by atoms with van der Waals surface area (Å²) >= 11 is 0. The third-order valence-electron chi connectivity index (χ3n) is 2.56. The number of hydrogen-bond acceptors (Lipinski definition) is 1. The molecule has 0 bridgehead atoms. The lowest BCUT2D eigenvalue weighted by atomic mass is 10.1. The molecule has 1 N–H and O–H groups in total. The third kappa shape index (κ3) is 2.56. The maximum absolute atomic E-state index is 13.4. The molecule has 0 aromatic heterocycles. The first-order valence-corrected chi connectivity index (χ1v) is 5.42. The van der Waals surface area contributed by atoms with Crippen molar-refractivity contribution >= 4 is 11.6 Å².